The highest BCUT2D eigenvalue weighted by Gasteiger charge is 1.90. The number of benzene rings is 1. The van der Waals surface area contributed by atoms with Crippen LogP contribution in [0.5, 0.6) is 0 Å². The average molecular weight is 264 g/mol. The van der Waals surface area contributed by atoms with Gasteiger partial charge in [-0.3, -0.25) is 0 Å². The van der Waals surface area contributed by atoms with E-state index in [9.17, 15) is 0 Å². The molecule has 0 fully saturated rings. The molecular formula is C20H24. The predicted molar refractivity (Wildman–Crippen MR) is 89.0 cm³/mol. The Hall–Kier alpha value is -1.92. The molecule has 1 aromatic carbocycles. The highest BCUT2D eigenvalue weighted by Crippen LogP contribution is 2.06. The molecule has 0 unspecified atom stereocenters. The molecule has 0 aliphatic rings. The monoisotopic (exact) mass is 264 g/mol. The van der Waals surface area contributed by atoms with Gasteiger partial charge in [0.1, 0.15) is 0 Å². The van der Waals surface area contributed by atoms with Crippen molar-refractivity contribution >= 4 is 6.08 Å². The normalized spacial score (nSPS) is 8.90. The highest BCUT2D eigenvalue weighted by molar-refractivity contribution is 5.64. The quantitative estimate of drug-likeness (QED) is 0.489. The molecule has 0 aliphatic carbocycles. The van der Waals surface area contributed by atoms with Crippen molar-refractivity contribution in [1.29, 1.82) is 0 Å². The number of hydrogen-bond acceptors (Lipinski definition) is 0. The third-order valence-corrected chi connectivity index (χ3v) is 2.87. The Morgan fingerprint density at radius 3 is 1.95 bits per heavy atom. The number of unbranched alkanes of at least 4 members (excludes halogenated alkanes) is 4. The SMILES string of the molecule is CCCCC#CC(C#CCCCC)=Cc1ccccc1. The molecule has 0 spiro atoms. The maximum absolute atomic E-state index is 3.23. The largest absolute Gasteiger partial charge is 0.0972 e. The molecule has 0 aliphatic heterocycles. The molecule has 0 bridgehead atoms. The summed E-state index contributed by atoms with van der Waals surface area (Å²) in [6.45, 7) is 4.37. The van der Waals surface area contributed by atoms with Crippen LogP contribution >= 0.6 is 0 Å². The Morgan fingerprint density at radius 1 is 0.900 bits per heavy atom. The van der Waals surface area contributed by atoms with E-state index in [-0.39, 0.29) is 0 Å². The lowest BCUT2D eigenvalue weighted by Crippen LogP contribution is -1.78. The zero-order valence-electron chi connectivity index (χ0n) is 12.7. The Bertz CT molecular complexity index is 484. The van der Waals surface area contributed by atoms with Gasteiger partial charge in [0.2, 0.25) is 0 Å². The second-order valence-electron chi connectivity index (χ2n) is 4.78. The van der Waals surface area contributed by atoms with Crippen LogP contribution in [0.1, 0.15) is 57.9 Å². The van der Waals surface area contributed by atoms with Gasteiger partial charge in [-0.1, -0.05) is 80.7 Å². The van der Waals surface area contributed by atoms with Gasteiger partial charge in [0.05, 0.1) is 5.57 Å². The Morgan fingerprint density at radius 2 is 1.45 bits per heavy atom. The zero-order chi connectivity index (χ0) is 14.5. The molecule has 0 saturated carbocycles. The van der Waals surface area contributed by atoms with Crippen LogP contribution in [0.4, 0.5) is 0 Å². The van der Waals surface area contributed by atoms with E-state index < -0.39 is 0 Å². The van der Waals surface area contributed by atoms with Gasteiger partial charge < -0.3 is 0 Å². The van der Waals surface area contributed by atoms with Gasteiger partial charge in [-0.25, -0.2) is 0 Å². The molecule has 0 nitrogen and oxygen atoms in total. The van der Waals surface area contributed by atoms with E-state index in [0.717, 1.165) is 36.8 Å². The summed E-state index contributed by atoms with van der Waals surface area (Å²) in [6, 6.07) is 10.3. The number of hydrogen-bond donors (Lipinski definition) is 0. The summed E-state index contributed by atoms with van der Waals surface area (Å²) in [6.07, 6.45) is 8.70. The van der Waals surface area contributed by atoms with Crippen molar-refractivity contribution in [2.75, 3.05) is 0 Å². The molecule has 0 saturated heterocycles. The first-order valence-electron chi connectivity index (χ1n) is 7.61. The Labute approximate surface area is 124 Å². The van der Waals surface area contributed by atoms with Crippen LogP contribution in [-0.2, 0) is 0 Å². The van der Waals surface area contributed by atoms with E-state index in [1.807, 2.05) is 18.2 Å². The van der Waals surface area contributed by atoms with Gasteiger partial charge in [-0.2, -0.15) is 0 Å². The summed E-state index contributed by atoms with van der Waals surface area (Å²) >= 11 is 0. The van der Waals surface area contributed by atoms with Crippen molar-refractivity contribution in [2.45, 2.75) is 52.4 Å². The molecule has 0 heterocycles. The van der Waals surface area contributed by atoms with Crippen LogP contribution in [0.15, 0.2) is 35.9 Å². The van der Waals surface area contributed by atoms with Gasteiger partial charge >= 0.3 is 0 Å². The smallest absolute Gasteiger partial charge is 0.0749 e. The van der Waals surface area contributed by atoms with Crippen LogP contribution < -0.4 is 0 Å². The minimum atomic E-state index is 0.934. The molecular weight excluding hydrogens is 240 g/mol. The topological polar surface area (TPSA) is 0 Å². The molecule has 1 rings (SSSR count). The first-order valence-corrected chi connectivity index (χ1v) is 7.61. The minimum absolute atomic E-state index is 0.934. The third-order valence-electron chi connectivity index (χ3n) is 2.87. The molecule has 0 amide bonds. The van der Waals surface area contributed by atoms with Gasteiger partial charge in [-0.05, 0) is 24.5 Å². The molecule has 0 radical (unpaired) electrons. The van der Waals surface area contributed by atoms with E-state index in [4.69, 9.17) is 0 Å². The summed E-state index contributed by atoms with van der Waals surface area (Å²) in [5, 5.41) is 0. The van der Waals surface area contributed by atoms with Crippen molar-refractivity contribution < 1.29 is 0 Å². The van der Waals surface area contributed by atoms with Crippen molar-refractivity contribution in [1.82, 2.24) is 0 Å². The molecule has 104 valence electrons. The summed E-state index contributed by atoms with van der Waals surface area (Å²) in [5.74, 6) is 12.9. The minimum Gasteiger partial charge on any atom is -0.0972 e. The van der Waals surface area contributed by atoms with Crippen molar-refractivity contribution in [3.8, 4) is 23.7 Å². The molecule has 20 heavy (non-hydrogen) atoms. The average Bonchev–Trinajstić information content (AvgIpc) is 2.49. The maximum atomic E-state index is 3.23. The fourth-order valence-corrected chi connectivity index (χ4v) is 1.67. The first kappa shape index (κ1) is 16.1. The third kappa shape index (κ3) is 7.50. The van der Waals surface area contributed by atoms with Crippen LogP contribution in [0.2, 0.25) is 0 Å². The van der Waals surface area contributed by atoms with Crippen molar-refractivity contribution in [3.05, 3.63) is 41.5 Å². The fourth-order valence-electron chi connectivity index (χ4n) is 1.67. The zero-order valence-corrected chi connectivity index (χ0v) is 12.7. The van der Waals surface area contributed by atoms with Crippen molar-refractivity contribution in [3.63, 3.8) is 0 Å². The fraction of sp³-hybridized carbons (Fsp3) is 0.400. The number of allylic oxidation sites excluding steroid dienone is 1. The summed E-state index contributed by atoms with van der Waals surface area (Å²) < 4.78 is 0. The standard InChI is InChI=1S/C20H24/c1-3-5-7-10-14-19(15-11-8-6-4-2)18-20-16-12-9-13-17-20/h9,12-13,16-18H,3-8H2,1-2H3. The van der Waals surface area contributed by atoms with E-state index in [1.54, 1.807) is 0 Å². The molecule has 0 heteroatoms. The predicted octanol–water partition coefficient (Wildman–Crippen LogP) is 5.46. The second-order valence-corrected chi connectivity index (χ2v) is 4.78. The lowest BCUT2D eigenvalue weighted by molar-refractivity contribution is 0.827. The summed E-state index contributed by atoms with van der Waals surface area (Å²) in [4.78, 5) is 0. The van der Waals surface area contributed by atoms with Gasteiger partial charge in [0.15, 0.2) is 0 Å². The molecule has 1 aromatic rings. The molecule has 0 N–H and O–H groups in total. The van der Waals surface area contributed by atoms with Crippen LogP contribution in [0.3, 0.4) is 0 Å². The van der Waals surface area contributed by atoms with Gasteiger partial charge in [0, 0.05) is 12.8 Å². The van der Waals surface area contributed by atoms with Gasteiger partial charge in [0.25, 0.3) is 0 Å². The molecule has 0 atom stereocenters. The van der Waals surface area contributed by atoms with E-state index in [2.05, 4.69) is 55.7 Å². The lowest BCUT2D eigenvalue weighted by Gasteiger charge is -1.93. The van der Waals surface area contributed by atoms with Crippen molar-refractivity contribution in [2.24, 2.45) is 0 Å². The lowest BCUT2D eigenvalue weighted by atomic mass is 10.1. The Kier molecular flexibility index (Phi) is 8.84. The van der Waals surface area contributed by atoms with E-state index in [1.165, 1.54) is 12.8 Å². The Balaban J connectivity index is 2.79. The first-order chi connectivity index (χ1) is 9.86. The van der Waals surface area contributed by atoms with Crippen LogP contribution in [0.25, 0.3) is 6.08 Å². The summed E-state index contributed by atoms with van der Waals surface area (Å²) in [7, 11) is 0. The van der Waals surface area contributed by atoms with Gasteiger partial charge in [-0.15, -0.1) is 0 Å². The highest BCUT2D eigenvalue weighted by atomic mass is 13.9. The van der Waals surface area contributed by atoms with Crippen LogP contribution in [0, 0.1) is 23.7 Å². The van der Waals surface area contributed by atoms with E-state index >= 15 is 0 Å². The maximum Gasteiger partial charge on any atom is 0.0749 e. The number of rotatable bonds is 5. The second kappa shape index (κ2) is 11.0. The molecule has 0 aromatic heterocycles. The summed E-state index contributed by atoms with van der Waals surface area (Å²) in [5.41, 5.74) is 2.10. The van der Waals surface area contributed by atoms with Crippen LogP contribution in [-0.4, -0.2) is 0 Å². The van der Waals surface area contributed by atoms with E-state index in [0.29, 0.717) is 0 Å².